The van der Waals surface area contributed by atoms with Gasteiger partial charge in [-0.1, -0.05) is 13.3 Å². The fraction of sp³-hybridized carbons (Fsp3) is 0.500. The molecule has 0 aliphatic rings. The summed E-state index contributed by atoms with van der Waals surface area (Å²) in [6.07, 6.45) is 1.46. The van der Waals surface area contributed by atoms with E-state index in [9.17, 15) is 17.2 Å². The van der Waals surface area contributed by atoms with Gasteiger partial charge in [-0.25, -0.2) is 21.9 Å². The van der Waals surface area contributed by atoms with Crippen LogP contribution in [0.1, 0.15) is 25.3 Å². The Bertz CT molecular complexity index is 547. The fourth-order valence-electron chi connectivity index (χ4n) is 1.60. The minimum absolute atomic E-state index is 0.00882. The molecule has 0 amide bonds. The number of sulfonamides is 1. The van der Waals surface area contributed by atoms with E-state index in [1.165, 1.54) is 6.92 Å². The number of halogens is 2. The van der Waals surface area contributed by atoms with Crippen molar-refractivity contribution in [2.24, 2.45) is 5.73 Å². The molecular weight excluding hydrogens is 274 g/mol. The lowest BCUT2D eigenvalue weighted by Crippen LogP contribution is -2.37. The Morgan fingerprint density at radius 2 is 1.95 bits per heavy atom. The molecule has 0 fully saturated rings. The van der Waals surface area contributed by atoms with Gasteiger partial charge >= 0.3 is 0 Å². The van der Waals surface area contributed by atoms with Gasteiger partial charge in [-0.2, -0.15) is 0 Å². The third kappa shape index (κ3) is 4.22. The van der Waals surface area contributed by atoms with Crippen LogP contribution in [0.2, 0.25) is 0 Å². The predicted octanol–water partition coefficient (Wildman–Crippen LogP) is 1.68. The summed E-state index contributed by atoms with van der Waals surface area (Å²) in [5, 5.41) is 0. The summed E-state index contributed by atoms with van der Waals surface area (Å²) in [6, 6.07) is 1.19. The zero-order valence-electron chi connectivity index (χ0n) is 10.9. The van der Waals surface area contributed by atoms with Crippen LogP contribution in [0.3, 0.4) is 0 Å². The second-order valence-electron chi connectivity index (χ2n) is 4.43. The average Bonchev–Trinajstić information content (AvgIpc) is 2.31. The molecule has 0 saturated carbocycles. The smallest absolute Gasteiger partial charge is 0.243 e. The first kappa shape index (κ1) is 16.0. The van der Waals surface area contributed by atoms with Crippen molar-refractivity contribution in [2.45, 2.75) is 37.6 Å². The Morgan fingerprint density at radius 3 is 2.53 bits per heavy atom. The van der Waals surface area contributed by atoms with E-state index in [1.54, 1.807) is 0 Å². The highest BCUT2D eigenvalue weighted by molar-refractivity contribution is 7.89. The normalized spacial score (nSPS) is 13.5. The van der Waals surface area contributed by atoms with Crippen LogP contribution in [0.15, 0.2) is 17.0 Å². The summed E-state index contributed by atoms with van der Waals surface area (Å²) in [7, 11) is -4.09. The topological polar surface area (TPSA) is 72.2 Å². The molecule has 0 aromatic heterocycles. The maximum absolute atomic E-state index is 13.6. The standard InChI is InChI=1S/C12H18F2N2O2S/c1-3-4-9(15)7-16-19(17,18)12-6-10(13)8(2)5-11(12)14/h5-6,9,16H,3-4,7,15H2,1-2H3/t9-/m1/s1. The van der Waals surface area contributed by atoms with Crippen molar-refractivity contribution in [3.05, 3.63) is 29.3 Å². The predicted molar refractivity (Wildman–Crippen MR) is 69.2 cm³/mol. The molecule has 4 nitrogen and oxygen atoms in total. The first-order valence-electron chi connectivity index (χ1n) is 5.98. The van der Waals surface area contributed by atoms with E-state index in [2.05, 4.69) is 4.72 Å². The monoisotopic (exact) mass is 292 g/mol. The highest BCUT2D eigenvalue weighted by Gasteiger charge is 2.21. The van der Waals surface area contributed by atoms with Crippen molar-refractivity contribution in [3.8, 4) is 0 Å². The van der Waals surface area contributed by atoms with Gasteiger partial charge in [0.2, 0.25) is 10.0 Å². The number of nitrogens with one attached hydrogen (secondary N) is 1. The van der Waals surface area contributed by atoms with Crippen LogP contribution in [0.4, 0.5) is 8.78 Å². The fourth-order valence-corrected chi connectivity index (χ4v) is 2.76. The summed E-state index contributed by atoms with van der Waals surface area (Å²) in [5.41, 5.74) is 5.72. The van der Waals surface area contributed by atoms with Gasteiger partial charge < -0.3 is 5.73 Å². The Morgan fingerprint density at radius 1 is 1.32 bits per heavy atom. The average molecular weight is 292 g/mol. The van der Waals surface area contributed by atoms with E-state index in [4.69, 9.17) is 5.73 Å². The van der Waals surface area contributed by atoms with Crippen molar-refractivity contribution in [1.82, 2.24) is 4.72 Å². The van der Waals surface area contributed by atoms with Crippen LogP contribution in [-0.4, -0.2) is 21.0 Å². The molecule has 0 saturated heterocycles. The van der Waals surface area contributed by atoms with Gasteiger partial charge in [0.05, 0.1) is 0 Å². The van der Waals surface area contributed by atoms with E-state index >= 15 is 0 Å². The molecule has 1 aromatic carbocycles. The zero-order valence-corrected chi connectivity index (χ0v) is 11.7. The molecule has 0 bridgehead atoms. The van der Waals surface area contributed by atoms with Gasteiger partial charge in [-0.15, -0.1) is 0 Å². The summed E-state index contributed by atoms with van der Waals surface area (Å²) in [6.45, 7) is 3.27. The van der Waals surface area contributed by atoms with E-state index in [0.717, 1.165) is 12.5 Å². The number of rotatable bonds is 6. The number of aryl methyl sites for hydroxylation is 1. The SMILES string of the molecule is CCC[C@@H](N)CNS(=O)(=O)c1cc(F)c(C)cc1F. The minimum Gasteiger partial charge on any atom is -0.327 e. The summed E-state index contributed by atoms with van der Waals surface area (Å²) >= 11 is 0. The lowest BCUT2D eigenvalue weighted by molar-refractivity contribution is 0.531. The van der Waals surface area contributed by atoms with Gasteiger partial charge in [0.1, 0.15) is 16.5 Å². The molecule has 108 valence electrons. The van der Waals surface area contributed by atoms with Gasteiger partial charge in [-0.3, -0.25) is 0 Å². The van der Waals surface area contributed by atoms with Crippen LogP contribution < -0.4 is 10.5 Å². The molecule has 0 aliphatic carbocycles. The number of hydrogen-bond donors (Lipinski definition) is 2. The van der Waals surface area contributed by atoms with Crippen LogP contribution >= 0.6 is 0 Å². The number of hydrogen-bond acceptors (Lipinski definition) is 3. The first-order valence-corrected chi connectivity index (χ1v) is 7.47. The Hall–Kier alpha value is -1.05. The van der Waals surface area contributed by atoms with Crippen molar-refractivity contribution >= 4 is 10.0 Å². The molecule has 1 aromatic rings. The second-order valence-corrected chi connectivity index (χ2v) is 6.17. The van der Waals surface area contributed by atoms with Crippen LogP contribution in [0.5, 0.6) is 0 Å². The molecule has 0 unspecified atom stereocenters. The van der Waals surface area contributed by atoms with Gasteiger partial charge in [0.15, 0.2) is 0 Å². The molecule has 0 heterocycles. The van der Waals surface area contributed by atoms with Gasteiger partial charge in [-0.05, 0) is 31.0 Å². The third-order valence-corrected chi connectivity index (χ3v) is 4.14. The van der Waals surface area contributed by atoms with Crippen LogP contribution in [0.25, 0.3) is 0 Å². The Labute approximate surface area is 112 Å². The summed E-state index contributed by atoms with van der Waals surface area (Å²) in [4.78, 5) is -0.695. The molecule has 3 N–H and O–H groups in total. The second kappa shape index (κ2) is 6.40. The molecule has 1 rings (SSSR count). The maximum atomic E-state index is 13.6. The summed E-state index contributed by atoms with van der Waals surface area (Å²) in [5.74, 6) is -1.74. The largest absolute Gasteiger partial charge is 0.327 e. The quantitative estimate of drug-likeness (QED) is 0.838. The lowest BCUT2D eigenvalue weighted by atomic mass is 10.2. The van der Waals surface area contributed by atoms with Crippen molar-refractivity contribution in [2.75, 3.05) is 6.54 Å². The van der Waals surface area contributed by atoms with Crippen LogP contribution in [0, 0.1) is 18.6 Å². The minimum atomic E-state index is -4.09. The summed E-state index contributed by atoms with van der Waals surface area (Å²) < 4.78 is 52.8. The molecule has 0 radical (unpaired) electrons. The highest BCUT2D eigenvalue weighted by atomic mass is 32.2. The van der Waals surface area contributed by atoms with Gasteiger partial charge in [0.25, 0.3) is 0 Å². The van der Waals surface area contributed by atoms with E-state index in [-0.39, 0.29) is 18.2 Å². The zero-order chi connectivity index (χ0) is 14.6. The first-order chi connectivity index (χ1) is 8.77. The molecule has 7 heteroatoms. The van der Waals surface area contributed by atoms with E-state index in [1.807, 2.05) is 6.92 Å². The Balaban J connectivity index is 2.92. The van der Waals surface area contributed by atoms with Crippen molar-refractivity contribution in [1.29, 1.82) is 0 Å². The van der Waals surface area contributed by atoms with E-state index < -0.39 is 26.6 Å². The third-order valence-electron chi connectivity index (χ3n) is 2.70. The Kier molecular flexibility index (Phi) is 5.39. The van der Waals surface area contributed by atoms with Crippen molar-refractivity contribution < 1.29 is 17.2 Å². The molecule has 19 heavy (non-hydrogen) atoms. The lowest BCUT2D eigenvalue weighted by Gasteiger charge is -2.13. The van der Waals surface area contributed by atoms with Crippen molar-refractivity contribution in [3.63, 3.8) is 0 Å². The molecular formula is C12H18F2N2O2S. The molecule has 0 aliphatic heterocycles. The van der Waals surface area contributed by atoms with Gasteiger partial charge in [0, 0.05) is 12.6 Å². The molecule has 0 spiro atoms. The maximum Gasteiger partial charge on any atom is 0.243 e. The van der Waals surface area contributed by atoms with E-state index in [0.29, 0.717) is 12.5 Å². The highest BCUT2D eigenvalue weighted by Crippen LogP contribution is 2.18. The number of benzene rings is 1. The number of nitrogens with two attached hydrogens (primary N) is 1. The molecule has 1 atom stereocenters. The van der Waals surface area contributed by atoms with Crippen LogP contribution in [-0.2, 0) is 10.0 Å².